The third-order valence-electron chi connectivity index (χ3n) is 5.29. The molecule has 28 heavy (non-hydrogen) atoms. The van der Waals surface area contributed by atoms with E-state index in [2.05, 4.69) is 10.6 Å². The van der Waals surface area contributed by atoms with Gasteiger partial charge in [-0.05, 0) is 42.7 Å². The summed E-state index contributed by atoms with van der Waals surface area (Å²) in [5, 5.41) is 11.3. The first-order chi connectivity index (χ1) is 13.2. The number of hydrogen-bond acceptors (Lipinski definition) is 3. The molecule has 1 aromatic heterocycles. The molecule has 1 heterocycles. The molecule has 1 aliphatic rings. The minimum Gasteiger partial charge on any atom is -0.389 e. The maximum Gasteiger partial charge on any atom is 0.113 e. The molecule has 0 bridgehead atoms. The summed E-state index contributed by atoms with van der Waals surface area (Å²) in [6.07, 6.45) is 4.33. The third-order valence-corrected chi connectivity index (χ3v) is 5.54. The van der Waals surface area contributed by atoms with Gasteiger partial charge in [0.2, 0.25) is 0 Å². The number of aromatic nitrogens is 2. The molecular formula is C22H26Cl2N2O2. The van der Waals surface area contributed by atoms with E-state index in [0.717, 1.165) is 22.4 Å². The predicted octanol–water partition coefficient (Wildman–Crippen LogP) is 5.35. The Balaban J connectivity index is 0.00000225. The Hall–Kier alpha value is -1.59. The van der Waals surface area contributed by atoms with E-state index < -0.39 is 6.10 Å². The second-order valence-corrected chi connectivity index (χ2v) is 7.78. The zero-order chi connectivity index (χ0) is 18.6. The molecule has 6 heteroatoms. The number of hydrogen-bond donors (Lipinski definition) is 1. The van der Waals surface area contributed by atoms with Crippen LogP contribution < -0.4 is 0 Å². The van der Waals surface area contributed by atoms with Crippen molar-refractivity contribution in [2.45, 2.75) is 50.9 Å². The highest BCUT2D eigenvalue weighted by atomic mass is 35.5. The molecule has 0 amide bonds. The smallest absolute Gasteiger partial charge is 0.113 e. The quantitative estimate of drug-likeness (QED) is 0.560. The van der Waals surface area contributed by atoms with Crippen molar-refractivity contribution in [3.05, 3.63) is 64.9 Å². The van der Waals surface area contributed by atoms with Gasteiger partial charge in [-0.2, -0.15) is 0 Å². The van der Waals surface area contributed by atoms with E-state index >= 15 is 0 Å². The summed E-state index contributed by atoms with van der Waals surface area (Å²) in [5.41, 5.74) is 3.15. The number of aliphatic hydroxyl groups is 1. The fourth-order valence-electron chi connectivity index (χ4n) is 3.94. The average Bonchev–Trinajstić information content (AvgIpc) is 3.32. The van der Waals surface area contributed by atoms with Crippen LogP contribution in [-0.2, 0) is 17.9 Å². The maximum absolute atomic E-state index is 10.6. The first-order valence-electron chi connectivity index (χ1n) is 9.66. The largest absolute Gasteiger partial charge is 0.389 e. The van der Waals surface area contributed by atoms with Gasteiger partial charge in [0.1, 0.15) is 5.82 Å². The van der Waals surface area contributed by atoms with E-state index in [1.807, 2.05) is 42.5 Å². The van der Waals surface area contributed by atoms with Gasteiger partial charge in [-0.25, -0.2) is 4.98 Å². The van der Waals surface area contributed by atoms with E-state index in [9.17, 15) is 5.11 Å². The first-order valence-corrected chi connectivity index (χ1v) is 10.0. The lowest BCUT2D eigenvalue weighted by Gasteiger charge is -2.17. The minimum absolute atomic E-state index is 0. The highest BCUT2D eigenvalue weighted by Gasteiger charge is 2.24. The number of ether oxygens (including phenoxy) is 1. The molecule has 1 aliphatic carbocycles. The topological polar surface area (TPSA) is 47.3 Å². The first kappa shape index (κ1) is 21.1. The average molecular weight is 421 g/mol. The Morgan fingerprint density at radius 3 is 2.57 bits per heavy atom. The second-order valence-electron chi connectivity index (χ2n) is 7.35. The van der Waals surface area contributed by atoms with Gasteiger partial charge >= 0.3 is 0 Å². The fraction of sp³-hybridized carbons (Fsp3) is 0.409. The molecule has 0 spiro atoms. The number of halogens is 2. The van der Waals surface area contributed by atoms with Gasteiger partial charge in [0.25, 0.3) is 0 Å². The highest BCUT2D eigenvalue weighted by molar-refractivity contribution is 6.30. The summed E-state index contributed by atoms with van der Waals surface area (Å²) in [6, 6.07) is 15.8. The number of imidazole rings is 1. The van der Waals surface area contributed by atoms with Gasteiger partial charge in [0.05, 0.1) is 36.9 Å². The zero-order valence-corrected chi connectivity index (χ0v) is 17.3. The lowest BCUT2D eigenvalue weighted by Crippen LogP contribution is -2.23. The van der Waals surface area contributed by atoms with Crippen LogP contribution >= 0.6 is 24.0 Å². The van der Waals surface area contributed by atoms with Gasteiger partial charge in [-0.1, -0.05) is 48.7 Å². The highest BCUT2D eigenvalue weighted by Crippen LogP contribution is 2.35. The van der Waals surface area contributed by atoms with Gasteiger partial charge in [-0.15, -0.1) is 12.4 Å². The molecule has 4 rings (SSSR count). The Bertz CT molecular complexity index is 889. The number of nitrogens with zero attached hydrogens (tertiary/aromatic N) is 2. The van der Waals surface area contributed by atoms with Crippen LogP contribution in [0.4, 0.5) is 0 Å². The van der Waals surface area contributed by atoms with Crippen molar-refractivity contribution in [3.8, 4) is 0 Å². The molecule has 3 aromatic rings. The zero-order valence-electron chi connectivity index (χ0n) is 15.8. The van der Waals surface area contributed by atoms with Crippen molar-refractivity contribution in [3.63, 3.8) is 0 Å². The van der Waals surface area contributed by atoms with Gasteiger partial charge in [0.15, 0.2) is 0 Å². The fourth-order valence-corrected chi connectivity index (χ4v) is 4.06. The molecule has 1 atom stereocenters. The molecule has 4 nitrogen and oxygen atoms in total. The van der Waals surface area contributed by atoms with Gasteiger partial charge in [0, 0.05) is 10.9 Å². The van der Waals surface area contributed by atoms with Crippen LogP contribution in [0.5, 0.6) is 0 Å². The second kappa shape index (κ2) is 9.75. The number of benzene rings is 2. The van der Waals surface area contributed by atoms with E-state index in [0.29, 0.717) is 30.7 Å². The molecule has 0 aliphatic heterocycles. The van der Waals surface area contributed by atoms with E-state index in [-0.39, 0.29) is 12.4 Å². The normalized spacial score (nSPS) is 15.6. The molecule has 2 aromatic carbocycles. The van der Waals surface area contributed by atoms with Crippen molar-refractivity contribution in [1.29, 1.82) is 0 Å². The van der Waals surface area contributed by atoms with E-state index in [1.165, 1.54) is 25.7 Å². The summed E-state index contributed by atoms with van der Waals surface area (Å²) in [4.78, 5) is 4.88. The minimum atomic E-state index is -0.574. The lowest BCUT2D eigenvalue weighted by molar-refractivity contribution is 0.0204. The molecule has 1 N–H and O–H groups in total. The van der Waals surface area contributed by atoms with Crippen molar-refractivity contribution in [2.24, 2.45) is 0 Å². The van der Waals surface area contributed by atoms with Crippen LogP contribution in [-0.4, -0.2) is 27.4 Å². The molecule has 150 valence electrons. The maximum atomic E-state index is 10.6. The van der Waals surface area contributed by atoms with Crippen LogP contribution in [0, 0.1) is 0 Å². The Labute approximate surface area is 176 Å². The lowest BCUT2D eigenvalue weighted by atomic mass is 10.1. The summed E-state index contributed by atoms with van der Waals surface area (Å²) in [6.45, 7) is 1.26. The molecular weight excluding hydrogens is 395 g/mol. The standard InChI is InChI=1S/C22H25ClN2O2.ClH/c23-18-11-9-16(10-12-18)14-27-15-19(26)13-25-21-8-4-3-7-20(21)24-22(25)17-5-1-2-6-17;/h3-4,7-12,17,19,26H,1-2,5-6,13-15H2;1H. The van der Waals surface area contributed by atoms with Crippen LogP contribution in [0.1, 0.15) is 43.0 Å². The Morgan fingerprint density at radius 2 is 1.82 bits per heavy atom. The predicted molar refractivity (Wildman–Crippen MR) is 115 cm³/mol. The van der Waals surface area contributed by atoms with Gasteiger partial charge < -0.3 is 14.4 Å². The van der Waals surface area contributed by atoms with Crippen molar-refractivity contribution in [1.82, 2.24) is 9.55 Å². The number of rotatable bonds is 7. The summed E-state index contributed by atoms with van der Waals surface area (Å²) in [7, 11) is 0. The Kier molecular flexibility index (Phi) is 7.36. The molecule has 0 radical (unpaired) electrons. The monoisotopic (exact) mass is 420 g/mol. The van der Waals surface area contributed by atoms with Crippen LogP contribution in [0.15, 0.2) is 48.5 Å². The van der Waals surface area contributed by atoms with E-state index in [1.54, 1.807) is 0 Å². The molecule has 1 fully saturated rings. The summed E-state index contributed by atoms with van der Waals surface area (Å²) in [5.74, 6) is 1.62. The van der Waals surface area contributed by atoms with E-state index in [4.69, 9.17) is 21.3 Å². The third kappa shape index (κ3) is 4.87. The van der Waals surface area contributed by atoms with Crippen molar-refractivity contribution in [2.75, 3.05) is 6.61 Å². The van der Waals surface area contributed by atoms with Gasteiger partial charge in [-0.3, -0.25) is 0 Å². The number of para-hydroxylation sites is 2. The SMILES string of the molecule is Cl.OC(COCc1ccc(Cl)cc1)Cn1c(C2CCCC2)nc2ccccc21. The summed E-state index contributed by atoms with van der Waals surface area (Å²) >= 11 is 5.90. The van der Waals surface area contributed by atoms with Crippen LogP contribution in [0.2, 0.25) is 5.02 Å². The van der Waals surface area contributed by atoms with Crippen LogP contribution in [0.25, 0.3) is 11.0 Å². The molecule has 1 saturated carbocycles. The molecule has 1 unspecified atom stereocenters. The van der Waals surface area contributed by atoms with Crippen molar-refractivity contribution < 1.29 is 9.84 Å². The summed E-state index contributed by atoms with van der Waals surface area (Å²) < 4.78 is 7.92. The van der Waals surface area contributed by atoms with Crippen LogP contribution in [0.3, 0.4) is 0 Å². The Morgan fingerprint density at radius 1 is 1.11 bits per heavy atom. The van der Waals surface area contributed by atoms with Crippen molar-refractivity contribution >= 4 is 35.0 Å². The number of aliphatic hydroxyl groups excluding tert-OH is 1. The number of fused-ring (bicyclic) bond motifs is 1. The molecule has 0 saturated heterocycles.